The molecular formula is C15H31N3O. The van der Waals surface area contributed by atoms with Crippen LogP contribution in [0.15, 0.2) is 0 Å². The highest BCUT2D eigenvalue weighted by molar-refractivity contribution is 4.90. The van der Waals surface area contributed by atoms with Crippen LogP contribution in [-0.4, -0.2) is 75.4 Å². The first-order valence-corrected chi connectivity index (χ1v) is 7.81. The third-order valence-corrected chi connectivity index (χ3v) is 4.77. The Hall–Kier alpha value is -0.160. The third kappa shape index (κ3) is 3.91. The molecule has 0 amide bonds. The molecule has 0 aromatic rings. The monoisotopic (exact) mass is 269 g/mol. The van der Waals surface area contributed by atoms with Crippen LogP contribution >= 0.6 is 0 Å². The number of hydrogen-bond donors (Lipinski definition) is 1. The Morgan fingerprint density at radius 2 is 2.16 bits per heavy atom. The molecule has 112 valence electrons. The van der Waals surface area contributed by atoms with Gasteiger partial charge in [0.15, 0.2) is 0 Å². The Balaban J connectivity index is 1.87. The number of nitrogens with one attached hydrogen (secondary N) is 1. The molecule has 2 heterocycles. The maximum absolute atomic E-state index is 5.56. The van der Waals surface area contributed by atoms with Crippen LogP contribution in [0.5, 0.6) is 0 Å². The fourth-order valence-electron chi connectivity index (χ4n) is 3.66. The lowest BCUT2D eigenvalue weighted by Gasteiger charge is -2.28. The van der Waals surface area contributed by atoms with Gasteiger partial charge in [-0.15, -0.1) is 0 Å². The van der Waals surface area contributed by atoms with Gasteiger partial charge in [0.1, 0.15) is 0 Å². The summed E-state index contributed by atoms with van der Waals surface area (Å²) >= 11 is 0. The highest BCUT2D eigenvalue weighted by Crippen LogP contribution is 2.23. The number of ether oxygens (including phenoxy) is 1. The Kier molecular flexibility index (Phi) is 5.63. The van der Waals surface area contributed by atoms with Gasteiger partial charge in [0.05, 0.1) is 6.61 Å². The van der Waals surface area contributed by atoms with Crippen LogP contribution in [0.2, 0.25) is 0 Å². The summed E-state index contributed by atoms with van der Waals surface area (Å²) < 4.78 is 5.56. The minimum absolute atomic E-state index is 0.598. The van der Waals surface area contributed by atoms with E-state index in [1.807, 2.05) is 0 Å². The topological polar surface area (TPSA) is 27.7 Å². The summed E-state index contributed by atoms with van der Waals surface area (Å²) in [6.07, 6.45) is 1.22. The molecule has 2 aliphatic rings. The zero-order valence-electron chi connectivity index (χ0n) is 13.1. The number of nitrogens with zero attached hydrogens (tertiary/aromatic N) is 2. The Bertz CT molecular complexity index is 266. The van der Waals surface area contributed by atoms with Gasteiger partial charge >= 0.3 is 0 Å². The van der Waals surface area contributed by atoms with Crippen molar-refractivity contribution in [3.05, 3.63) is 0 Å². The number of hydrogen-bond acceptors (Lipinski definition) is 4. The lowest BCUT2D eigenvalue weighted by atomic mass is 9.98. The summed E-state index contributed by atoms with van der Waals surface area (Å²) in [5.41, 5.74) is 0. The molecule has 2 aliphatic heterocycles. The highest BCUT2D eigenvalue weighted by Gasteiger charge is 2.34. The van der Waals surface area contributed by atoms with Crippen molar-refractivity contribution in [1.82, 2.24) is 15.1 Å². The van der Waals surface area contributed by atoms with Gasteiger partial charge < -0.3 is 15.0 Å². The second kappa shape index (κ2) is 7.02. The second-order valence-electron chi connectivity index (χ2n) is 6.51. The van der Waals surface area contributed by atoms with Crippen molar-refractivity contribution in [1.29, 1.82) is 0 Å². The van der Waals surface area contributed by atoms with E-state index in [1.54, 1.807) is 0 Å². The van der Waals surface area contributed by atoms with Gasteiger partial charge in [-0.1, -0.05) is 13.8 Å². The zero-order chi connectivity index (χ0) is 13.8. The van der Waals surface area contributed by atoms with E-state index in [4.69, 9.17) is 4.74 Å². The molecule has 19 heavy (non-hydrogen) atoms. The van der Waals surface area contributed by atoms with Crippen LogP contribution in [0.3, 0.4) is 0 Å². The molecule has 4 heteroatoms. The van der Waals surface area contributed by atoms with Crippen molar-refractivity contribution in [3.63, 3.8) is 0 Å². The van der Waals surface area contributed by atoms with Crippen molar-refractivity contribution < 1.29 is 4.74 Å². The van der Waals surface area contributed by atoms with E-state index in [0.29, 0.717) is 18.0 Å². The number of rotatable bonds is 6. The van der Waals surface area contributed by atoms with Crippen molar-refractivity contribution in [2.24, 2.45) is 11.8 Å². The largest absolute Gasteiger partial charge is 0.381 e. The first-order valence-electron chi connectivity index (χ1n) is 7.81. The summed E-state index contributed by atoms with van der Waals surface area (Å²) in [7, 11) is 4.41. The van der Waals surface area contributed by atoms with E-state index in [-0.39, 0.29) is 0 Å². The quantitative estimate of drug-likeness (QED) is 0.775. The lowest BCUT2D eigenvalue weighted by Crippen LogP contribution is -2.46. The van der Waals surface area contributed by atoms with E-state index >= 15 is 0 Å². The molecule has 2 saturated heterocycles. The predicted molar refractivity (Wildman–Crippen MR) is 79.5 cm³/mol. The maximum Gasteiger partial charge on any atom is 0.0510 e. The molecule has 0 spiro atoms. The lowest BCUT2D eigenvalue weighted by molar-refractivity contribution is 0.165. The van der Waals surface area contributed by atoms with Crippen LogP contribution in [0.25, 0.3) is 0 Å². The molecule has 0 aromatic carbocycles. The van der Waals surface area contributed by atoms with Crippen LogP contribution in [0.4, 0.5) is 0 Å². The molecular weight excluding hydrogens is 238 g/mol. The normalized spacial score (nSPS) is 34.3. The van der Waals surface area contributed by atoms with Crippen LogP contribution in [0, 0.1) is 11.8 Å². The van der Waals surface area contributed by atoms with Crippen LogP contribution < -0.4 is 5.32 Å². The van der Waals surface area contributed by atoms with E-state index in [9.17, 15) is 0 Å². The Labute approximate surface area is 118 Å². The Morgan fingerprint density at radius 1 is 1.37 bits per heavy atom. The molecule has 0 aromatic heterocycles. The number of likely N-dealkylation sites (tertiary alicyclic amines) is 1. The molecule has 0 saturated carbocycles. The summed E-state index contributed by atoms with van der Waals surface area (Å²) in [5, 5.41) is 3.68. The van der Waals surface area contributed by atoms with Gasteiger partial charge in [-0.05, 0) is 33.0 Å². The standard InChI is InChI=1S/C15H31N3O/c1-5-16-14(13-6-7-19-11-13)9-18-8-12(2)15(10-18)17(3)4/h12-16H,5-11H2,1-4H3. The van der Waals surface area contributed by atoms with Gasteiger partial charge in [0.2, 0.25) is 0 Å². The van der Waals surface area contributed by atoms with Gasteiger partial charge in [-0.2, -0.15) is 0 Å². The smallest absolute Gasteiger partial charge is 0.0510 e. The molecule has 4 unspecified atom stereocenters. The second-order valence-corrected chi connectivity index (χ2v) is 6.51. The first-order chi connectivity index (χ1) is 9.11. The highest BCUT2D eigenvalue weighted by atomic mass is 16.5. The zero-order valence-corrected chi connectivity index (χ0v) is 13.1. The van der Waals surface area contributed by atoms with Crippen LogP contribution in [0.1, 0.15) is 20.3 Å². The van der Waals surface area contributed by atoms with E-state index in [0.717, 1.165) is 25.7 Å². The van der Waals surface area contributed by atoms with Crippen molar-refractivity contribution in [2.75, 3.05) is 53.5 Å². The number of likely N-dealkylation sites (N-methyl/N-ethyl adjacent to an activating group) is 2. The minimum atomic E-state index is 0.598. The van der Waals surface area contributed by atoms with E-state index < -0.39 is 0 Å². The third-order valence-electron chi connectivity index (χ3n) is 4.77. The van der Waals surface area contributed by atoms with Crippen molar-refractivity contribution >= 4 is 0 Å². The molecule has 4 nitrogen and oxygen atoms in total. The summed E-state index contributed by atoms with van der Waals surface area (Å²) in [6, 6.07) is 1.31. The summed E-state index contributed by atoms with van der Waals surface area (Å²) in [6.45, 7) is 11.2. The molecule has 0 aliphatic carbocycles. The molecule has 0 radical (unpaired) electrons. The average molecular weight is 269 g/mol. The molecule has 0 bridgehead atoms. The Morgan fingerprint density at radius 3 is 2.68 bits per heavy atom. The van der Waals surface area contributed by atoms with Gasteiger partial charge in [0, 0.05) is 44.2 Å². The first kappa shape index (κ1) is 15.2. The van der Waals surface area contributed by atoms with Gasteiger partial charge in [-0.3, -0.25) is 4.90 Å². The SMILES string of the molecule is CCNC(CN1CC(C)C(N(C)C)C1)C1CCOC1. The van der Waals surface area contributed by atoms with Gasteiger partial charge in [0.25, 0.3) is 0 Å². The molecule has 2 rings (SSSR count). The van der Waals surface area contributed by atoms with Crippen LogP contribution in [-0.2, 0) is 4.74 Å². The van der Waals surface area contributed by atoms with Gasteiger partial charge in [-0.25, -0.2) is 0 Å². The van der Waals surface area contributed by atoms with Crippen molar-refractivity contribution in [3.8, 4) is 0 Å². The summed E-state index contributed by atoms with van der Waals surface area (Å²) in [5.74, 6) is 1.48. The van der Waals surface area contributed by atoms with Crippen molar-refractivity contribution in [2.45, 2.75) is 32.4 Å². The minimum Gasteiger partial charge on any atom is -0.381 e. The molecule has 1 N–H and O–H groups in total. The van der Waals surface area contributed by atoms with E-state index in [2.05, 4.69) is 43.1 Å². The summed E-state index contributed by atoms with van der Waals surface area (Å²) in [4.78, 5) is 5.02. The molecule has 2 fully saturated rings. The predicted octanol–water partition coefficient (Wildman–Crippen LogP) is 0.883. The maximum atomic E-state index is 5.56. The fourth-order valence-corrected chi connectivity index (χ4v) is 3.66. The van der Waals surface area contributed by atoms with E-state index in [1.165, 1.54) is 26.1 Å². The fraction of sp³-hybridized carbons (Fsp3) is 1.00. The molecule has 4 atom stereocenters. The average Bonchev–Trinajstić information content (AvgIpc) is 2.97.